The Morgan fingerprint density at radius 1 is 1.43 bits per heavy atom. The molecular formula is C13H17F3N4O. The summed E-state index contributed by atoms with van der Waals surface area (Å²) in [5.74, 6) is 0.596. The molecule has 0 bridgehead atoms. The third-order valence-corrected chi connectivity index (χ3v) is 3.35. The fraction of sp³-hybridized carbons (Fsp3) is 0.538. The molecule has 8 heteroatoms. The van der Waals surface area contributed by atoms with E-state index in [2.05, 4.69) is 15.4 Å². The van der Waals surface area contributed by atoms with Crippen LogP contribution in [-0.2, 0) is 6.18 Å². The second-order valence-electron chi connectivity index (χ2n) is 4.80. The summed E-state index contributed by atoms with van der Waals surface area (Å²) in [7, 11) is 0. The minimum absolute atomic E-state index is 0.0860. The van der Waals surface area contributed by atoms with Crippen molar-refractivity contribution in [3.63, 3.8) is 0 Å². The number of aromatic nitrogens is 3. The molecule has 0 aromatic carbocycles. The van der Waals surface area contributed by atoms with Gasteiger partial charge in [-0.3, -0.25) is 0 Å². The van der Waals surface area contributed by atoms with Gasteiger partial charge in [0.25, 0.3) is 0 Å². The average molecular weight is 302 g/mol. The minimum atomic E-state index is -4.48. The van der Waals surface area contributed by atoms with Crippen LogP contribution >= 0.6 is 0 Å². The molecule has 2 rings (SSSR count). The lowest BCUT2D eigenvalue weighted by Crippen LogP contribution is -2.16. The zero-order chi connectivity index (χ0) is 15.5. The third-order valence-electron chi connectivity index (χ3n) is 3.35. The van der Waals surface area contributed by atoms with Gasteiger partial charge in [0, 0.05) is 31.6 Å². The first-order valence-electron chi connectivity index (χ1n) is 6.72. The number of rotatable bonds is 6. The van der Waals surface area contributed by atoms with Crippen LogP contribution in [0, 0.1) is 5.92 Å². The summed E-state index contributed by atoms with van der Waals surface area (Å²) in [6, 6.07) is 0.975. The van der Waals surface area contributed by atoms with Crippen molar-refractivity contribution in [2.45, 2.75) is 25.9 Å². The van der Waals surface area contributed by atoms with Crippen LogP contribution in [0.2, 0.25) is 0 Å². The third kappa shape index (κ3) is 3.63. The zero-order valence-electron chi connectivity index (χ0n) is 11.6. The fourth-order valence-electron chi connectivity index (χ4n) is 2.07. The van der Waals surface area contributed by atoms with Crippen LogP contribution in [-0.4, -0.2) is 32.9 Å². The maximum atomic E-state index is 12.7. The lowest BCUT2D eigenvalue weighted by Gasteiger charge is -2.15. The molecule has 2 aromatic heterocycles. The normalized spacial score (nSPS) is 13.6. The monoisotopic (exact) mass is 302 g/mol. The largest absolute Gasteiger partial charge is 0.435 e. The van der Waals surface area contributed by atoms with E-state index in [1.807, 2.05) is 6.92 Å². The molecular weight excluding hydrogens is 285 g/mol. The molecule has 2 heterocycles. The van der Waals surface area contributed by atoms with E-state index < -0.39 is 11.9 Å². The Morgan fingerprint density at radius 2 is 2.19 bits per heavy atom. The fourth-order valence-corrected chi connectivity index (χ4v) is 2.07. The number of fused-ring (bicyclic) bond motifs is 1. The summed E-state index contributed by atoms with van der Waals surface area (Å²) in [4.78, 5) is 4.07. The van der Waals surface area contributed by atoms with Gasteiger partial charge < -0.3 is 10.4 Å². The van der Waals surface area contributed by atoms with Crippen molar-refractivity contribution in [3.8, 4) is 0 Å². The van der Waals surface area contributed by atoms with Crippen molar-refractivity contribution in [2.75, 3.05) is 18.5 Å². The van der Waals surface area contributed by atoms with Crippen LogP contribution in [0.1, 0.15) is 25.5 Å². The number of aliphatic hydroxyl groups excluding tert-OH is 1. The van der Waals surface area contributed by atoms with E-state index in [-0.39, 0.29) is 18.0 Å². The van der Waals surface area contributed by atoms with Gasteiger partial charge in [0.1, 0.15) is 5.52 Å². The predicted octanol–water partition coefficient (Wildman–Crippen LogP) is 2.57. The highest BCUT2D eigenvalue weighted by Gasteiger charge is 2.34. The molecule has 1 unspecified atom stereocenters. The SMILES string of the molecule is CCC(CCO)CNc1nccn2nc(C(F)(F)F)cc12. The zero-order valence-corrected chi connectivity index (χ0v) is 11.6. The summed E-state index contributed by atoms with van der Waals surface area (Å²) >= 11 is 0. The van der Waals surface area contributed by atoms with E-state index in [4.69, 9.17) is 5.11 Å². The summed E-state index contributed by atoms with van der Waals surface area (Å²) in [6.45, 7) is 2.62. The van der Waals surface area contributed by atoms with Crippen LogP contribution in [0.4, 0.5) is 19.0 Å². The topological polar surface area (TPSA) is 62.5 Å². The maximum absolute atomic E-state index is 12.7. The van der Waals surface area contributed by atoms with Gasteiger partial charge in [-0.2, -0.15) is 18.3 Å². The van der Waals surface area contributed by atoms with E-state index in [1.165, 1.54) is 12.4 Å². The first-order chi connectivity index (χ1) is 9.95. The van der Waals surface area contributed by atoms with Gasteiger partial charge in [-0.1, -0.05) is 13.3 Å². The molecule has 0 amide bonds. The molecule has 0 spiro atoms. The quantitative estimate of drug-likeness (QED) is 0.861. The second-order valence-corrected chi connectivity index (χ2v) is 4.80. The van der Waals surface area contributed by atoms with Crippen LogP contribution in [0.25, 0.3) is 5.52 Å². The van der Waals surface area contributed by atoms with Gasteiger partial charge in [0.05, 0.1) is 0 Å². The molecule has 2 aromatic rings. The molecule has 1 atom stereocenters. The number of hydrogen-bond acceptors (Lipinski definition) is 4. The highest BCUT2D eigenvalue weighted by Crippen LogP contribution is 2.30. The van der Waals surface area contributed by atoms with E-state index in [0.717, 1.165) is 17.0 Å². The molecule has 116 valence electrons. The van der Waals surface area contributed by atoms with Crippen molar-refractivity contribution in [3.05, 3.63) is 24.2 Å². The van der Waals surface area contributed by atoms with Gasteiger partial charge in [0.15, 0.2) is 11.5 Å². The summed E-state index contributed by atoms with van der Waals surface area (Å²) < 4.78 is 39.2. The van der Waals surface area contributed by atoms with E-state index in [0.29, 0.717) is 18.8 Å². The van der Waals surface area contributed by atoms with Crippen LogP contribution in [0.3, 0.4) is 0 Å². The van der Waals surface area contributed by atoms with Gasteiger partial charge in [0.2, 0.25) is 0 Å². The molecule has 0 aliphatic heterocycles. The summed E-state index contributed by atoms with van der Waals surface area (Å²) in [6.07, 6.45) is -0.203. The van der Waals surface area contributed by atoms with Crippen LogP contribution in [0.5, 0.6) is 0 Å². The maximum Gasteiger partial charge on any atom is 0.435 e. The van der Waals surface area contributed by atoms with E-state index in [9.17, 15) is 13.2 Å². The Bertz CT molecular complexity index is 597. The van der Waals surface area contributed by atoms with Crippen molar-refractivity contribution in [1.29, 1.82) is 0 Å². The summed E-state index contributed by atoms with van der Waals surface area (Å²) in [5, 5.41) is 15.5. The molecule has 0 saturated heterocycles. The van der Waals surface area contributed by atoms with Crippen molar-refractivity contribution >= 4 is 11.3 Å². The van der Waals surface area contributed by atoms with E-state index in [1.54, 1.807) is 0 Å². The Balaban J connectivity index is 2.22. The number of anilines is 1. The minimum Gasteiger partial charge on any atom is -0.396 e. The Labute approximate surface area is 119 Å². The molecule has 0 aliphatic rings. The highest BCUT2D eigenvalue weighted by atomic mass is 19.4. The lowest BCUT2D eigenvalue weighted by molar-refractivity contribution is -0.141. The van der Waals surface area contributed by atoms with Crippen molar-refractivity contribution < 1.29 is 18.3 Å². The predicted molar refractivity (Wildman–Crippen MR) is 72.0 cm³/mol. The highest BCUT2D eigenvalue weighted by molar-refractivity contribution is 5.67. The number of alkyl halides is 3. The number of halogens is 3. The van der Waals surface area contributed by atoms with Crippen LogP contribution in [0.15, 0.2) is 18.5 Å². The van der Waals surface area contributed by atoms with Gasteiger partial charge in [-0.05, 0) is 12.3 Å². The molecule has 0 radical (unpaired) electrons. The molecule has 0 fully saturated rings. The van der Waals surface area contributed by atoms with E-state index >= 15 is 0 Å². The standard InChI is InChI=1S/C13H17F3N4O/c1-2-9(3-6-21)8-18-12-10-7-11(13(14,15)16)19-20(10)5-4-17-12/h4-5,7,9,21H,2-3,6,8H2,1H3,(H,17,18). The Hall–Kier alpha value is -1.83. The number of hydrogen-bond donors (Lipinski definition) is 2. The Morgan fingerprint density at radius 3 is 2.81 bits per heavy atom. The first-order valence-corrected chi connectivity index (χ1v) is 6.72. The summed E-state index contributed by atoms with van der Waals surface area (Å²) in [5.41, 5.74) is -0.662. The number of aliphatic hydroxyl groups is 1. The molecule has 0 aliphatic carbocycles. The van der Waals surface area contributed by atoms with Crippen LogP contribution < -0.4 is 5.32 Å². The average Bonchev–Trinajstić information content (AvgIpc) is 2.88. The molecule has 0 saturated carbocycles. The lowest BCUT2D eigenvalue weighted by atomic mass is 10.0. The molecule has 5 nitrogen and oxygen atoms in total. The first kappa shape index (κ1) is 15.6. The molecule has 21 heavy (non-hydrogen) atoms. The number of nitrogens with one attached hydrogen (secondary N) is 1. The smallest absolute Gasteiger partial charge is 0.396 e. The van der Waals surface area contributed by atoms with Gasteiger partial charge in [-0.25, -0.2) is 9.50 Å². The molecule has 2 N–H and O–H groups in total. The van der Waals surface area contributed by atoms with Gasteiger partial charge in [-0.15, -0.1) is 0 Å². The van der Waals surface area contributed by atoms with Crippen molar-refractivity contribution in [1.82, 2.24) is 14.6 Å². The second kappa shape index (κ2) is 6.30. The van der Waals surface area contributed by atoms with Crippen molar-refractivity contribution in [2.24, 2.45) is 5.92 Å². The number of nitrogens with zero attached hydrogens (tertiary/aromatic N) is 3. The van der Waals surface area contributed by atoms with Gasteiger partial charge >= 0.3 is 6.18 Å². The Kier molecular flexibility index (Phi) is 4.66.